The molecule has 1 amide bonds. The highest BCUT2D eigenvalue weighted by Gasteiger charge is 2.44. The zero-order valence-corrected chi connectivity index (χ0v) is 13.5. The average molecular weight is 327 g/mol. The quantitative estimate of drug-likeness (QED) is 0.878. The minimum atomic E-state index is -1.04. The number of ether oxygens (including phenoxy) is 1. The van der Waals surface area contributed by atoms with Gasteiger partial charge >= 0.3 is 0 Å². The van der Waals surface area contributed by atoms with E-state index in [1.54, 1.807) is 36.3 Å². The van der Waals surface area contributed by atoms with E-state index in [0.29, 0.717) is 17.9 Å². The molecule has 0 spiro atoms. The highest BCUT2D eigenvalue weighted by molar-refractivity contribution is 5.82. The van der Waals surface area contributed by atoms with Crippen molar-refractivity contribution in [2.45, 2.75) is 18.8 Å². The van der Waals surface area contributed by atoms with Crippen molar-refractivity contribution < 1.29 is 19.7 Å². The van der Waals surface area contributed by atoms with E-state index < -0.39 is 18.1 Å². The van der Waals surface area contributed by atoms with Crippen molar-refractivity contribution in [3.05, 3.63) is 65.7 Å². The number of nitrogens with zero attached hydrogens (tertiary/aromatic N) is 1. The van der Waals surface area contributed by atoms with Crippen molar-refractivity contribution in [3.63, 3.8) is 0 Å². The van der Waals surface area contributed by atoms with Crippen molar-refractivity contribution in [2.24, 2.45) is 5.92 Å². The van der Waals surface area contributed by atoms with Gasteiger partial charge in [0, 0.05) is 13.1 Å². The molecule has 1 heterocycles. The van der Waals surface area contributed by atoms with Gasteiger partial charge in [-0.2, -0.15) is 0 Å². The van der Waals surface area contributed by atoms with Gasteiger partial charge in [-0.25, -0.2) is 0 Å². The van der Waals surface area contributed by atoms with Crippen LogP contribution in [0, 0.1) is 5.92 Å². The average Bonchev–Trinajstić information content (AvgIpc) is 2.89. The Bertz CT molecular complexity index is 686. The summed E-state index contributed by atoms with van der Waals surface area (Å²) in [7, 11) is 1.57. The predicted octanol–water partition coefficient (Wildman–Crippen LogP) is 1.75. The number of likely N-dealkylation sites (tertiary alicyclic amines) is 1. The van der Waals surface area contributed by atoms with Crippen molar-refractivity contribution in [1.82, 2.24) is 4.90 Å². The van der Waals surface area contributed by atoms with E-state index >= 15 is 0 Å². The lowest BCUT2D eigenvalue weighted by Crippen LogP contribution is -2.30. The number of carbonyl (C=O) groups is 1. The van der Waals surface area contributed by atoms with Crippen molar-refractivity contribution in [2.75, 3.05) is 13.7 Å². The van der Waals surface area contributed by atoms with Gasteiger partial charge in [0.1, 0.15) is 5.75 Å². The summed E-state index contributed by atoms with van der Waals surface area (Å²) in [6.45, 7) is 0.661. The van der Waals surface area contributed by atoms with Crippen LogP contribution in [0.4, 0.5) is 0 Å². The van der Waals surface area contributed by atoms with Crippen LogP contribution in [-0.4, -0.2) is 40.8 Å². The van der Waals surface area contributed by atoms with Gasteiger partial charge in [0.25, 0.3) is 0 Å². The third kappa shape index (κ3) is 3.27. The third-order valence-electron chi connectivity index (χ3n) is 4.43. The zero-order chi connectivity index (χ0) is 17.1. The van der Waals surface area contributed by atoms with Crippen LogP contribution in [0.5, 0.6) is 5.75 Å². The summed E-state index contributed by atoms with van der Waals surface area (Å²) < 4.78 is 5.09. The van der Waals surface area contributed by atoms with E-state index in [0.717, 1.165) is 5.56 Å². The number of benzene rings is 2. The summed E-state index contributed by atoms with van der Waals surface area (Å²) in [5, 5.41) is 20.9. The van der Waals surface area contributed by atoms with Gasteiger partial charge in [0.2, 0.25) is 5.91 Å². The molecule has 1 aliphatic heterocycles. The van der Waals surface area contributed by atoms with E-state index in [-0.39, 0.29) is 12.5 Å². The van der Waals surface area contributed by atoms with Crippen LogP contribution in [0.1, 0.15) is 17.2 Å². The molecule has 5 heteroatoms. The molecule has 2 aromatic rings. The first-order valence-corrected chi connectivity index (χ1v) is 7.93. The number of carbonyl (C=O) groups excluding carboxylic acids is 1. The fourth-order valence-electron chi connectivity index (χ4n) is 3.10. The molecule has 0 aromatic heterocycles. The molecule has 1 aliphatic rings. The summed E-state index contributed by atoms with van der Waals surface area (Å²) in [5.74, 6) is -0.397. The Labute approximate surface area is 141 Å². The van der Waals surface area contributed by atoms with E-state index in [2.05, 4.69) is 0 Å². The lowest BCUT2D eigenvalue weighted by molar-refractivity contribution is -0.135. The molecule has 0 saturated carbocycles. The zero-order valence-electron chi connectivity index (χ0n) is 13.5. The molecule has 24 heavy (non-hydrogen) atoms. The van der Waals surface area contributed by atoms with Gasteiger partial charge in [-0.1, -0.05) is 42.5 Å². The Hall–Kier alpha value is -2.37. The number of rotatable bonds is 5. The molecule has 0 unspecified atom stereocenters. The number of aliphatic hydroxyl groups excluding tert-OH is 2. The molecule has 1 fully saturated rings. The topological polar surface area (TPSA) is 70.0 Å². The normalized spacial score (nSPS) is 21.8. The fraction of sp³-hybridized carbons (Fsp3) is 0.316. The molecular weight excluding hydrogens is 306 g/mol. The Kier molecular flexibility index (Phi) is 4.83. The molecule has 0 bridgehead atoms. The van der Waals surface area contributed by atoms with Crippen LogP contribution < -0.4 is 4.74 Å². The van der Waals surface area contributed by atoms with Crippen molar-refractivity contribution in [1.29, 1.82) is 0 Å². The SMILES string of the molecule is COc1ccc([C@@H](O)[C@@H]2C(=O)N(Cc3ccccc3)C[C@H]2O)cc1. The molecule has 3 rings (SSSR count). The van der Waals surface area contributed by atoms with Gasteiger partial charge in [0.05, 0.1) is 25.2 Å². The van der Waals surface area contributed by atoms with E-state index in [9.17, 15) is 15.0 Å². The first-order valence-electron chi connectivity index (χ1n) is 7.93. The first kappa shape index (κ1) is 16.5. The van der Waals surface area contributed by atoms with Crippen LogP contribution in [0.3, 0.4) is 0 Å². The number of aliphatic hydroxyl groups is 2. The monoisotopic (exact) mass is 327 g/mol. The summed E-state index contributed by atoms with van der Waals surface area (Å²) >= 11 is 0. The van der Waals surface area contributed by atoms with Gasteiger partial charge in [-0.3, -0.25) is 4.79 Å². The molecular formula is C19H21NO4. The standard InChI is InChI=1S/C19H21NO4/c1-24-15-9-7-14(8-10-15)18(22)17-16(21)12-20(19(17)23)11-13-5-3-2-4-6-13/h2-10,16-18,21-22H,11-12H2,1H3/t16-,17-,18-/m1/s1. The summed E-state index contributed by atoms with van der Waals surface area (Å²) in [5.41, 5.74) is 1.59. The molecule has 2 aromatic carbocycles. The lowest BCUT2D eigenvalue weighted by atomic mass is 9.92. The van der Waals surface area contributed by atoms with Gasteiger partial charge < -0.3 is 19.8 Å². The fourth-order valence-corrected chi connectivity index (χ4v) is 3.10. The van der Waals surface area contributed by atoms with Gasteiger partial charge in [-0.15, -0.1) is 0 Å². The summed E-state index contributed by atoms with van der Waals surface area (Å²) in [6, 6.07) is 16.5. The Morgan fingerprint density at radius 3 is 2.46 bits per heavy atom. The Morgan fingerprint density at radius 1 is 1.17 bits per heavy atom. The number of amides is 1. The minimum absolute atomic E-state index is 0.227. The van der Waals surface area contributed by atoms with Gasteiger partial charge in [0.15, 0.2) is 0 Å². The van der Waals surface area contributed by atoms with Crippen LogP contribution in [0.15, 0.2) is 54.6 Å². The molecule has 1 saturated heterocycles. The highest BCUT2D eigenvalue weighted by Crippen LogP contribution is 2.33. The Balaban J connectivity index is 1.74. The number of hydrogen-bond acceptors (Lipinski definition) is 4. The largest absolute Gasteiger partial charge is 0.497 e. The maximum atomic E-state index is 12.6. The van der Waals surface area contributed by atoms with Crippen LogP contribution in [-0.2, 0) is 11.3 Å². The molecule has 5 nitrogen and oxygen atoms in total. The summed E-state index contributed by atoms with van der Waals surface area (Å²) in [6.07, 6.45) is -1.93. The lowest BCUT2D eigenvalue weighted by Gasteiger charge is -2.20. The molecule has 3 atom stereocenters. The second kappa shape index (κ2) is 7.03. The Morgan fingerprint density at radius 2 is 1.83 bits per heavy atom. The molecule has 126 valence electrons. The number of β-amino-alcohol motifs (C(OH)–C–C–N with tert-alkyl or cyclic N) is 1. The second-order valence-corrected chi connectivity index (χ2v) is 6.02. The predicted molar refractivity (Wildman–Crippen MR) is 89.3 cm³/mol. The van der Waals surface area contributed by atoms with Crippen LogP contribution in [0.25, 0.3) is 0 Å². The maximum absolute atomic E-state index is 12.6. The van der Waals surface area contributed by atoms with E-state index in [1.165, 1.54) is 0 Å². The van der Waals surface area contributed by atoms with Crippen LogP contribution >= 0.6 is 0 Å². The van der Waals surface area contributed by atoms with E-state index in [1.807, 2.05) is 30.3 Å². The van der Waals surface area contributed by atoms with Crippen molar-refractivity contribution in [3.8, 4) is 5.75 Å². The highest BCUT2D eigenvalue weighted by atomic mass is 16.5. The van der Waals surface area contributed by atoms with E-state index in [4.69, 9.17) is 4.74 Å². The van der Waals surface area contributed by atoms with Crippen LogP contribution in [0.2, 0.25) is 0 Å². The third-order valence-corrected chi connectivity index (χ3v) is 4.43. The molecule has 0 aliphatic carbocycles. The minimum Gasteiger partial charge on any atom is -0.497 e. The smallest absolute Gasteiger partial charge is 0.231 e. The second-order valence-electron chi connectivity index (χ2n) is 6.02. The molecule has 2 N–H and O–H groups in total. The first-order chi connectivity index (χ1) is 11.6. The van der Waals surface area contributed by atoms with Gasteiger partial charge in [-0.05, 0) is 23.3 Å². The maximum Gasteiger partial charge on any atom is 0.231 e. The summed E-state index contributed by atoms with van der Waals surface area (Å²) in [4.78, 5) is 14.2. The van der Waals surface area contributed by atoms with Crippen molar-refractivity contribution >= 4 is 5.91 Å². The number of methoxy groups -OCH3 is 1. The number of hydrogen-bond donors (Lipinski definition) is 2. The molecule has 0 radical (unpaired) electrons.